The summed E-state index contributed by atoms with van der Waals surface area (Å²) in [5.74, 6) is 1.38. The van der Waals surface area contributed by atoms with Gasteiger partial charge >= 0.3 is 0 Å². The van der Waals surface area contributed by atoms with Crippen LogP contribution in [0.3, 0.4) is 0 Å². The van der Waals surface area contributed by atoms with Crippen LogP contribution in [0.15, 0.2) is 72.7 Å². The maximum Gasteiger partial charge on any atom is 0.161 e. The number of nitrogens with one attached hydrogen (secondary N) is 1. The summed E-state index contributed by atoms with van der Waals surface area (Å²) in [6, 6.07) is 8.18. The third-order valence-corrected chi connectivity index (χ3v) is 4.60. The van der Waals surface area contributed by atoms with Crippen LogP contribution in [-0.4, -0.2) is 42.2 Å². The molecule has 0 amide bonds. The molecule has 0 saturated heterocycles. The zero-order valence-electron chi connectivity index (χ0n) is 19.3. The molecule has 2 aromatic rings. The van der Waals surface area contributed by atoms with E-state index in [4.69, 9.17) is 4.98 Å². The number of rotatable bonds is 10. The summed E-state index contributed by atoms with van der Waals surface area (Å²) in [7, 11) is 5.75. The van der Waals surface area contributed by atoms with Gasteiger partial charge in [-0.15, -0.1) is 0 Å². The Morgan fingerprint density at radius 2 is 2.03 bits per heavy atom. The second-order valence-electron chi connectivity index (χ2n) is 7.40. The normalized spacial score (nSPS) is 12.2. The Bertz CT molecular complexity index is 1010. The molecule has 5 nitrogen and oxygen atoms in total. The van der Waals surface area contributed by atoms with Gasteiger partial charge < -0.3 is 10.2 Å². The highest BCUT2D eigenvalue weighted by molar-refractivity contribution is 6.11. The number of nitrogens with zero attached hydrogens (tertiary/aromatic N) is 4. The van der Waals surface area contributed by atoms with E-state index in [2.05, 4.69) is 47.5 Å². The maximum absolute atomic E-state index is 4.86. The molecule has 0 aliphatic rings. The fourth-order valence-electron chi connectivity index (χ4n) is 3.16. The summed E-state index contributed by atoms with van der Waals surface area (Å²) < 4.78 is 0. The molecule has 0 fully saturated rings. The molecule has 5 heteroatoms. The minimum atomic E-state index is 0.648. The number of hydrogen-bond acceptors (Lipinski definition) is 5. The Hall–Kier alpha value is -3.47. The van der Waals surface area contributed by atoms with Crippen molar-refractivity contribution in [2.75, 3.05) is 26.5 Å². The lowest BCUT2D eigenvalue weighted by atomic mass is 10.0. The highest BCUT2D eigenvalue weighted by Gasteiger charge is 2.13. The van der Waals surface area contributed by atoms with Crippen molar-refractivity contribution in [3.8, 4) is 11.4 Å². The van der Waals surface area contributed by atoms with Crippen LogP contribution < -0.4 is 5.32 Å². The third-order valence-electron chi connectivity index (χ3n) is 4.60. The van der Waals surface area contributed by atoms with E-state index in [0.29, 0.717) is 5.82 Å². The zero-order valence-corrected chi connectivity index (χ0v) is 19.3. The number of anilines is 1. The van der Waals surface area contributed by atoms with Crippen molar-refractivity contribution in [1.29, 1.82) is 0 Å². The van der Waals surface area contributed by atoms with E-state index in [9.17, 15) is 0 Å². The number of allylic oxidation sites excluding steroid dienone is 5. The van der Waals surface area contributed by atoms with Crippen molar-refractivity contribution in [3.05, 3.63) is 78.8 Å². The summed E-state index contributed by atoms with van der Waals surface area (Å²) in [6.45, 7) is 12.2. The van der Waals surface area contributed by atoms with E-state index in [1.54, 1.807) is 7.05 Å². The molecule has 1 aromatic carbocycles. The van der Waals surface area contributed by atoms with Crippen LogP contribution in [0.4, 0.5) is 5.82 Å². The van der Waals surface area contributed by atoms with Gasteiger partial charge in [-0.1, -0.05) is 56.9 Å². The second-order valence-corrected chi connectivity index (χ2v) is 7.40. The van der Waals surface area contributed by atoms with Crippen LogP contribution in [0.2, 0.25) is 0 Å². The molecule has 2 rings (SSSR count). The van der Waals surface area contributed by atoms with Crippen molar-refractivity contribution in [2.45, 2.75) is 26.7 Å². The largest absolute Gasteiger partial charge is 0.383 e. The van der Waals surface area contributed by atoms with Crippen molar-refractivity contribution < 1.29 is 0 Å². The summed E-state index contributed by atoms with van der Waals surface area (Å²) in [5, 5.41) is 3.39. The van der Waals surface area contributed by atoms with Crippen molar-refractivity contribution >= 4 is 23.2 Å². The minimum Gasteiger partial charge on any atom is -0.383 e. The average molecular weight is 416 g/mol. The molecule has 0 bridgehead atoms. The molecule has 0 radical (unpaired) electrons. The zero-order chi connectivity index (χ0) is 22.8. The van der Waals surface area contributed by atoms with E-state index in [0.717, 1.165) is 52.2 Å². The monoisotopic (exact) mass is 415 g/mol. The predicted octanol–water partition coefficient (Wildman–Crippen LogP) is 6.06. The number of aliphatic imine (C=N–C) groups is 1. The Morgan fingerprint density at radius 1 is 1.26 bits per heavy atom. The van der Waals surface area contributed by atoms with Gasteiger partial charge in [0.2, 0.25) is 0 Å². The molecule has 1 N–H and O–H groups in total. The van der Waals surface area contributed by atoms with Crippen LogP contribution >= 0.6 is 0 Å². The number of aromatic nitrogens is 2. The summed E-state index contributed by atoms with van der Waals surface area (Å²) in [6.07, 6.45) is 11.4. The van der Waals surface area contributed by atoms with Crippen molar-refractivity contribution in [2.24, 2.45) is 4.99 Å². The smallest absolute Gasteiger partial charge is 0.161 e. The van der Waals surface area contributed by atoms with Gasteiger partial charge in [-0.25, -0.2) is 9.97 Å². The van der Waals surface area contributed by atoms with Crippen LogP contribution in [0.25, 0.3) is 22.5 Å². The first kappa shape index (κ1) is 23.8. The fourth-order valence-corrected chi connectivity index (χ4v) is 3.16. The number of hydrogen-bond donors (Lipinski definition) is 1. The first-order valence-corrected chi connectivity index (χ1v) is 10.5. The summed E-state index contributed by atoms with van der Waals surface area (Å²) >= 11 is 0. The molecule has 0 spiro atoms. The van der Waals surface area contributed by atoms with Gasteiger partial charge in [0.1, 0.15) is 5.82 Å². The van der Waals surface area contributed by atoms with Crippen LogP contribution in [0, 0.1) is 0 Å². The van der Waals surface area contributed by atoms with Crippen LogP contribution in [0.1, 0.15) is 37.8 Å². The van der Waals surface area contributed by atoms with E-state index < -0.39 is 0 Å². The van der Waals surface area contributed by atoms with Gasteiger partial charge in [0, 0.05) is 62.2 Å². The van der Waals surface area contributed by atoms with Gasteiger partial charge in [-0.05, 0) is 30.5 Å². The summed E-state index contributed by atoms with van der Waals surface area (Å²) in [5.41, 5.74) is 5.81. The standard InChI is InChI=1S/C26H33N5/c1-8-12-19(4)29-26-24(20(9-2)16-27-5)17-28-25(30-26)23-14-11-13-22(15-23)21(10-3)18-31(6)7/h9-11,13-18H,3-4,8,12H2,1-2,5-7H3,(H,28,29,30)/b20-9+,21-18+,27-16-. The third kappa shape index (κ3) is 6.51. The lowest BCUT2D eigenvalue weighted by Crippen LogP contribution is -2.06. The van der Waals surface area contributed by atoms with Gasteiger partial charge in [0.15, 0.2) is 5.82 Å². The Balaban J connectivity index is 2.56. The molecule has 1 heterocycles. The minimum absolute atomic E-state index is 0.648. The first-order chi connectivity index (χ1) is 14.9. The van der Waals surface area contributed by atoms with Gasteiger partial charge in [0.05, 0.1) is 0 Å². The average Bonchev–Trinajstić information content (AvgIpc) is 2.76. The second kappa shape index (κ2) is 11.6. The Kier molecular flexibility index (Phi) is 8.94. The fraction of sp³-hybridized carbons (Fsp3) is 0.269. The Labute approximate surface area is 186 Å². The van der Waals surface area contributed by atoms with Gasteiger partial charge in [0.25, 0.3) is 0 Å². The maximum atomic E-state index is 4.86. The molecule has 31 heavy (non-hydrogen) atoms. The molecular weight excluding hydrogens is 382 g/mol. The molecule has 0 saturated carbocycles. The highest BCUT2D eigenvalue weighted by atomic mass is 15.0. The molecule has 0 unspecified atom stereocenters. The molecule has 0 atom stereocenters. The molecule has 0 aliphatic heterocycles. The van der Waals surface area contributed by atoms with Crippen LogP contribution in [0.5, 0.6) is 0 Å². The lowest BCUT2D eigenvalue weighted by Gasteiger charge is -2.15. The van der Waals surface area contributed by atoms with E-state index in [1.165, 1.54) is 0 Å². The summed E-state index contributed by atoms with van der Waals surface area (Å²) in [4.78, 5) is 15.7. The topological polar surface area (TPSA) is 53.4 Å². The Morgan fingerprint density at radius 3 is 2.65 bits per heavy atom. The van der Waals surface area contributed by atoms with Crippen molar-refractivity contribution in [3.63, 3.8) is 0 Å². The predicted molar refractivity (Wildman–Crippen MR) is 135 cm³/mol. The molecule has 0 aliphatic carbocycles. The number of benzene rings is 1. The molecule has 1 aromatic heterocycles. The van der Waals surface area contributed by atoms with Crippen molar-refractivity contribution in [1.82, 2.24) is 14.9 Å². The van der Waals surface area contributed by atoms with E-state index in [1.807, 2.05) is 68.8 Å². The van der Waals surface area contributed by atoms with Gasteiger partial charge in [-0.2, -0.15) is 0 Å². The molecule has 162 valence electrons. The molecular formula is C26H33N5. The quantitative estimate of drug-likeness (QED) is 0.378. The van der Waals surface area contributed by atoms with Crippen LogP contribution in [-0.2, 0) is 0 Å². The van der Waals surface area contributed by atoms with Gasteiger partial charge in [-0.3, -0.25) is 4.99 Å². The lowest BCUT2D eigenvalue weighted by molar-refractivity contribution is 0.566. The van der Waals surface area contributed by atoms with E-state index in [-0.39, 0.29) is 0 Å². The SMILES string of the molecule is C=C/C(=C\N(C)C)c1cccc(-c2ncc(C(/C=N\C)=C/C)c(NC(=C)CCC)n2)c1. The van der Waals surface area contributed by atoms with E-state index >= 15 is 0 Å². The first-order valence-electron chi connectivity index (χ1n) is 10.5. The highest BCUT2D eigenvalue weighted by Crippen LogP contribution is 2.27.